The van der Waals surface area contributed by atoms with Crippen LogP contribution in [0.1, 0.15) is 18.4 Å². The summed E-state index contributed by atoms with van der Waals surface area (Å²) in [4.78, 5) is 26.4. The Kier molecular flexibility index (Phi) is 1.80. The molecule has 0 amide bonds. The minimum atomic E-state index is -1.13. The summed E-state index contributed by atoms with van der Waals surface area (Å²) in [5, 5.41) is 19.3. The molecule has 1 aliphatic rings. The third-order valence-corrected chi connectivity index (χ3v) is 3.13. The molecule has 0 aromatic carbocycles. The van der Waals surface area contributed by atoms with Crippen molar-refractivity contribution in [3.63, 3.8) is 0 Å². The van der Waals surface area contributed by atoms with E-state index in [9.17, 15) is 14.7 Å². The number of carbonyl (C=O) groups excluding carboxylic acids is 1. The molecule has 7 nitrogen and oxygen atoms in total. The third-order valence-electron chi connectivity index (χ3n) is 3.13. The number of carboxylic acid groups (broad SMARTS) is 1. The average molecular weight is 232 g/mol. The topological polar surface area (TPSA) is 109 Å². The minimum absolute atomic E-state index is 0.0212. The second-order valence-corrected chi connectivity index (χ2v) is 4.17. The second-order valence-electron chi connectivity index (χ2n) is 4.17. The SMILES string of the molecule is O=C1CC(C(=O)O)(c2cnc3n[nH]nc3c2)C1. The lowest BCUT2D eigenvalue weighted by molar-refractivity contribution is -0.153. The van der Waals surface area contributed by atoms with Gasteiger partial charge in [-0.3, -0.25) is 9.59 Å². The van der Waals surface area contributed by atoms with Gasteiger partial charge in [-0.05, 0) is 11.6 Å². The zero-order valence-electron chi connectivity index (χ0n) is 8.67. The van der Waals surface area contributed by atoms with Crippen molar-refractivity contribution in [1.29, 1.82) is 0 Å². The third kappa shape index (κ3) is 1.25. The second kappa shape index (κ2) is 3.09. The van der Waals surface area contributed by atoms with E-state index < -0.39 is 11.4 Å². The molecule has 0 atom stereocenters. The van der Waals surface area contributed by atoms with Crippen molar-refractivity contribution in [2.24, 2.45) is 0 Å². The van der Waals surface area contributed by atoms with Gasteiger partial charge >= 0.3 is 5.97 Å². The number of H-pyrrole nitrogens is 1. The normalized spacial score (nSPS) is 18.0. The van der Waals surface area contributed by atoms with Crippen molar-refractivity contribution in [2.45, 2.75) is 18.3 Å². The number of aromatic amines is 1. The van der Waals surface area contributed by atoms with Gasteiger partial charge in [0.25, 0.3) is 0 Å². The molecule has 0 saturated heterocycles. The highest BCUT2D eigenvalue weighted by molar-refractivity contribution is 6.01. The van der Waals surface area contributed by atoms with Gasteiger partial charge in [-0.25, -0.2) is 4.98 Å². The zero-order chi connectivity index (χ0) is 12.0. The highest BCUT2D eigenvalue weighted by Gasteiger charge is 2.51. The van der Waals surface area contributed by atoms with Gasteiger partial charge in [0.1, 0.15) is 16.7 Å². The Morgan fingerprint density at radius 1 is 1.41 bits per heavy atom. The number of hydrogen-bond acceptors (Lipinski definition) is 5. The molecule has 7 heteroatoms. The Labute approximate surface area is 94.9 Å². The van der Waals surface area contributed by atoms with Gasteiger partial charge in [0, 0.05) is 19.0 Å². The predicted octanol–water partition coefficient (Wildman–Crippen LogP) is 0.0382. The predicted molar refractivity (Wildman–Crippen MR) is 55.2 cm³/mol. The van der Waals surface area contributed by atoms with E-state index in [2.05, 4.69) is 20.4 Å². The van der Waals surface area contributed by atoms with Crippen LogP contribution in [0.2, 0.25) is 0 Å². The number of carboxylic acids is 1. The Morgan fingerprint density at radius 3 is 2.82 bits per heavy atom. The summed E-state index contributed by atoms with van der Waals surface area (Å²) >= 11 is 0. The number of fused-ring (bicyclic) bond motifs is 1. The molecule has 2 heterocycles. The molecule has 0 spiro atoms. The van der Waals surface area contributed by atoms with Gasteiger partial charge in [-0.1, -0.05) is 0 Å². The first kappa shape index (κ1) is 9.88. The molecule has 86 valence electrons. The molecule has 0 bridgehead atoms. The molecule has 2 aromatic rings. The van der Waals surface area contributed by atoms with E-state index in [4.69, 9.17) is 0 Å². The first-order chi connectivity index (χ1) is 8.12. The van der Waals surface area contributed by atoms with Crippen LogP contribution in [0.25, 0.3) is 11.2 Å². The molecule has 0 radical (unpaired) electrons. The van der Waals surface area contributed by atoms with Crippen molar-refractivity contribution in [2.75, 3.05) is 0 Å². The van der Waals surface area contributed by atoms with Crippen LogP contribution in [0, 0.1) is 0 Å². The number of ketones is 1. The molecule has 3 rings (SSSR count). The molecular weight excluding hydrogens is 224 g/mol. The maximum absolute atomic E-state index is 11.3. The van der Waals surface area contributed by atoms with E-state index in [0.29, 0.717) is 16.7 Å². The van der Waals surface area contributed by atoms with Gasteiger partial charge in [0.05, 0.1) is 0 Å². The highest BCUT2D eigenvalue weighted by atomic mass is 16.4. The number of nitrogens with one attached hydrogen (secondary N) is 1. The van der Waals surface area contributed by atoms with Gasteiger partial charge < -0.3 is 5.11 Å². The van der Waals surface area contributed by atoms with Gasteiger partial charge in [0.2, 0.25) is 5.65 Å². The lowest BCUT2D eigenvalue weighted by Crippen LogP contribution is -2.48. The fourth-order valence-corrected chi connectivity index (χ4v) is 2.10. The molecular formula is C10H8N4O3. The molecule has 1 aliphatic carbocycles. The van der Waals surface area contributed by atoms with Crippen LogP contribution >= 0.6 is 0 Å². The van der Waals surface area contributed by atoms with Crippen LogP contribution in [0.3, 0.4) is 0 Å². The van der Waals surface area contributed by atoms with E-state index in [-0.39, 0.29) is 18.6 Å². The maximum Gasteiger partial charge on any atom is 0.315 e. The Morgan fingerprint density at radius 2 is 2.18 bits per heavy atom. The van der Waals surface area contributed by atoms with Crippen LogP contribution < -0.4 is 0 Å². The monoisotopic (exact) mass is 232 g/mol. The number of carbonyl (C=O) groups is 2. The number of rotatable bonds is 2. The van der Waals surface area contributed by atoms with E-state index in [1.54, 1.807) is 6.07 Å². The molecule has 1 fully saturated rings. The van der Waals surface area contributed by atoms with E-state index in [0.717, 1.165) is 0 Å². The van der Waals surface area contributed by atoms with E-state index >= 15 is 0 Å². The van der Waals surface area contributed by atoms with E-state index in [1.807, 2.05) is 0 Å². The number of hydrogen-bond donors (Lipinski definition) is 2. The summed E-state index contributed by atoms with van der Waals surface area (Å²) in [5.74, 6) is -1.05. The first-order valence-corrected chi connectivity index (χ1v) is 5.04. The van der Waals surface area contributed by atoms with Crippen molar-refractivity contribution >= 4 is 22.9 Å². The van der Waals surface area contributed by atoms with Crippen molar-refractivity contribution in [1.82, 2.24) is 20.4 Å². The van der Waals surface area contributed by atoms with Crippen molar-refractivity contribution in [3.05, 3.63) is 17.8 Å². The van der Waals surface area contributed by atoms with Gasteiger partial charge in [0.15, 0.2) is 0 Å². The number of nitrogens with zero attached hydrogens (tertiary/aromatic N) is 3. The number of Topliss-reactive ketones (excluding diaryl/α,β-unsaturated/α-hetero) is 1. The minimum Gasteiger partial charge on any atom is -0.481 e. The fourth-order valence-electron chi connectivity index (χ4n) is 2.10. The molecule has 0 aliphatic heterocycles. The highest BCUT2D eigenvalue weighted by Crippen LogP contribution is 2.41. The summed E-state index contributed by atoms with van der Waals surface area (Å²) in [5.41, 5.74) is 0.311. The van der Waals surface area contributed by atoms with E-state index in [1.165, 1.54) is 6.20 Å². The Bertz CT molecular complexity index is 625. The zero-order valence-corrected chi connectivity index (χ0v) is 8.67. The smallest absolute Gasteiger partial charge is 0.315 e. The Hall–Kier alpha value is -2.31. The fraction of sp³-hybridized carbons (Fsp3) is 0.300. The lowest BCUT2D eigenvalue weighted by atomic mass is 9.64. The van der Waals surface area contributed by atoms with Crippen molar-refractivity contribution < 1.29 is 14.7 Å². The molecule has 17 heavy (non-hydrogen) atoms. The maximum atomic E-state index is 11.3. The summed E-state index contributed by atoms with van der Waals surface area (Å²) in [7, 11) is 0. The first-order valence-electron chi connectivity index (χ1n) is 5.04. The summed E-state index contributed by atoms with van der Waals surface area (Å²) < 4.78 is 0. The number of aromatic nitrogens is 4. The molecule has 1 saturated carbocycles. The largest absolute Gasteiger partial charge is 0.481 e. The van der Waals surface area contributed by atoms with Crippen LogP contribution in [0.15, 0.2) is 12.3 Å². The molecule has 2 N–H and O–H groups in total. The van der Waals surface area contributed by atoms with Crippen LogP contribution in [0.5, 0.6) is 0 Å². The number of pyridine rings is 1. The summed E-state index contributed by atoms with van der Waals surface area (Å²) in [6, 6.07) is 1.62. The lowest BCUT2D eigenvalue weighted by Gasteiger charge is -2.36. The van der Waals surface area contributed by atoms with Crippen LogP contribution in [0.4, 0.5) is 0 Å². The quantitative estimate of drug-likeness (QED) is 0.756. The Balaban J connectivity index is 2.12. The molecule has 2 aromatic heterocycles. The summed E-state index contributed by atoms with van der Waals surface area (Å²) in [6.07, 6.45) is 1.49. The van der Waals surface area contributed by atoms with Gasteiger partial charge in [-0.2, -0.15) is 10.3 Å². The van der Waals surface area contributed by atoms with Crippen LogP contribution in [-0.4, -0.2) is 37.3 Å². The van der Waals surface area contributed by atoms with Crippen molar-refractivity contribution in [3.8, 4) is 0 Å². The molecule has 0 unspecified atom stereocenters. The standard InChI is InChI=1S/C10H8N4O3/c15-6-2-10(3-6,9(16)17)5-1-7-8(11-4-5)13-14-12-7/h1,4H,2-3H2,(H,16,17)(H,11,12,13,14). The average Bonchev–Trinajstić information content (AvgIpc) is 2.70. The van der Waals surface area contributed by atoms with Crippen LogP contribution in [-0.2, 0) is 15.0 Å². The number of aliphatic carboxylic acids is 1. The summed E-state index contributed by atoms with van der Waals surface area (Å²) in [6.45, 7) is 0. The van der Waals surface area contributed by atoms with Gasteiger partial charge in [-0.15, -0.1) is 5.10 Å².